The molecule has 12 heavy (non-hydrogen) atoms. The van der Waals surface area contributed by atoms with Gasteiger partial charge in [-0.1, -0.05) is 6.92 Å². The molecule has 0 bridgehead atoms. The Morgan fingerprint density at radius 1 is 1.58 bits per heavy atom. The van der Waals surface area contributed by atoms with Crippen molar-refractivity contribution in [3.8, 4) is 0 Å². The molecule has 0 amide bonds. The number of aliphatic hydroxyl groups is 1. The average molecular weight is 174 g/mol. The van der Waals surface area contributed by atoms with Crippen LogP contribution in [0.3, 0.4) is 0 Å². The highest BCUT2D eigenvalue weighted by molar-refractivity contribution is 5.88. The maximum absolute atomic E-state index is 11.4. The zero-order chi connectivity index (χ0) is 9.78. The first kappa shape index (κ1) is 11.6. The van der Waals surface area contributed by atoms with E-state index in [4.69, 9.17) is 4.74 Å². The Morgan fingerprint density at radius 2 is 2.08 bits per heavy atom. The molecule has 0 aliphatic carbocycles. The third-order valence-electron chi connectivity index (χ3n) is 1.81. The van der Waals surface area contributed by atoms with Crippen molar-refractivity contribution in [3.05, 3.63) is 0 Å². The van der Waals surface area contributed by atoms with E-state index in [0.717, 1.165) is 0 Å². The fourth-order valence-electron chi connectivity index (χ4n) is 1.03. The van der Waals surface area contributed by atoms with Crippen molar-refractivity contribution in [1.82, 2.24) is 0 Å². The molecule has 0 fully saturated rings. The Morgan fingerprint density at radius 3 is 2.42 bits per heavy atom. The van der Waals surface area contributed by atoms with Gasteiger partial charge in [-0.25, -0.2) is 0 Å². The van der Waals surface area contributed by atoms with Gasteiger partial charge in [0.25, 0.3) is 0 Å². The molecular formula is C9H18O3. The lowest BCUT2D eigenvalue weighted by molar-refractivity contribution is -0.138. The molecule has 1 atom stereocenters. The third-order valence-corrected chi connectivity index (χ3v) is 1.81. The van der Waals surface area contributed by atoms with Crippen molar-refractivity contribution in [2.24, 2.45) is 5.92 Å². The number of ether oxygens (including phenoxy) is 1. The molecule has 0 aliphatic heterocycles. The lowest BCUT2D eigenvalue weighted by Crippen LogP contribution is -2.36. The van der Waals surface area contributed by atoms with E-state index in [1.165, 1.54) is 13.8 Å². The molecule has 0 aliphatic rings. The van der Waals surface area contributed by atoms with E-state index in [0.29, 0.717) is 13.0 Å². The van der Waals surface area contributed by atoms with Crippen LogP contribution in [-0.4, -0.2) is 30.2 Å². The Bertz CT molecular complexity index is 146. The molecule has 0 radical (unpaired) electrons. The Balaban J connectivity index is 3.94. The summed E-state index contributed by atoms with van der Waals surface area (Å²) in [6.07, 6.45) is 0.666. The molecule has 3 nitrogen and oxygen atoms in total. The number of Topliss-reactive ketones (excluding diaryl/α,β-unsaturated/α-hetero) is 1. The number of ketones is 1. The number of hydrogen-bond donors (Lipinski definition) is 1. The Kier molecular flexibility index (Phi) is 4.42. The molecule has 1 N–H and O–H groups in total. The molecule has 3 heteroatoms. The molecule has 0 aromatic rings. The van der Waals surface area contributed by atoms with Gasteiger partial charge in [0.1, 0.15) is 5.60 Å². The molecule has 0 saturated heterocycles. The second-order valence-electron chi connectivity index (χ2n) is 3.61. The topological polar surface area (TPSA) is 46.5 Å². The maximum atomic E-state index is 11.4. The highest BCUT2D eigenvalue weighted by atomic mass is 16.5. The molecule has 0 rings (SSSR count). The van der Waals surface area contributed by atoms with Crippen LogP contribution < -0.4 is 0 Å². The smallest absolute Gasteiger partial charge is 0.166 e. The van der Waals surface area contributed by atoms with Gasteiger partial charge in [0, 0.05) is 19.6 Å². The van der Waals surface area contributed by atoms with Gasteiger partial charge >= 0.3 is 0 Å². The fraction of sp³-hybridized carbons (Fsp3) is 0.889. The van der Waals surface area contributed by atoms with Crippen LogP contribution >= 0.6 is 0 Å². The Hall–Kier alpha value is -0.410. The zero-order valence-corrected chi connectivity index (χ0v) is 8.26. The summed E-state index contributed by atoms with van der Waals surface area (Å²) in [5.41, 5.74) is -1.22. The van der Waals surface area contributed by atoms with Crippen molar-refractivity contribution < 1.29 is 14.6 Å². The van der Waals surface area contributed by atoms with E-state index in [2.05, 4.69) is 0 Å². The molecule has 72 valence electrons. The third kappa shape index (κ3) is 3.83. The first-order valence-corrected chi connectivity index (χ1v) is 4.15. The molecule has 1 unspecified atom stereocenters. The first-order chi connectivity index (χ1) is 5.39. The predicted octanol–water partition coefficient (Wildman–Crippen LogP) is 0.999. The molecule has 0 aromatic carbocycles. The van der Waals surface area contributed by atoms with Crippen LogP contribution in [0.25, 0.3) is 0 Å². The van der Waals surface area contributed by atoms with Gasteiger partial charge in [-0.05, 0) is 20.3 Å². The SMILES string of the molecule is COCCC(C)C(=O)C(C)(C)O. The number of carbonyl (C=O) groups is 1. The van der Waals surface area contributed by atoms with E-state index in [1.54, 1.807) is 14.0 Å². The van der Waals surface area contributed by atoms with Crippen LogP contribution in [0.4, 0.5) is 0 Å². The van der Waals surface area contributed by atoms with Gasteiger partial charge < -0.3 is 9.84 Å². The summed E-state index contributed by atoms with van der Waals surface area (Å²) < 4.78 is 4.84. The van der Waals surface area contributed by atoms with Crippen LogP contribution in [-0.2, 0) is 9.53 Å². The molecule has 0 heterocycles. The highest BCUT2D eigenvalue weighted by Gasteiger charge is 2.28. The van der Waals surface area contributed by atoms with Gasteiger partial charge in [-0.15, -0.1) is 0 Å². The summed E-state index contributed by atoms with van der Waals surface area (Å²) in [6, 6.07) is 0. The number of carbonyl (C=O) groups excluding carboxylic acids is 1. The summed E-state index contributed by atoms with van der Waals surface area (Å²) in [5.74, 6) is -0.260. The van der Waals surface area contributed by atoms with Gasteiger partial charge in [0.2, 0.25) is 0 Å². The summed E-state index contributed by atoms with van der Waals surface area (Å²) in [5, 5.41) is 9.37. The minimum absolute atomic E-state index is 0.125. The van der Waals surface area contributed by atoms with Crippen LogP contribution in [0.5, 0.6) is 0 Å². The van der Waals surface area contributed by atoms with Gasteiger partial charge in [0.15, 0.2) is 5.78 Å². The van der Waals surface area contributed by atoms with Crippen molar-refractivity contribution in [2.45, 2.75) is 32.8 Å². The fourth-order valence-corrected chi connectivity index (χ4v) is 1.03. The Labute approximate surface area is 73.7 Å². The molecule has 0 aromatic heterocycles. The lowest BCUT2D eigenvalue weighted by atomic mass is 9.91. The maximum Gasteiger partial charge on any atom is 0.166 e. The predicted molar refractivity (Wildman–Crippen MR) is 47.0 cm³/mol. The van der Waals surface area contributed by atoms with Crippen LogP contribution in [0.2, 0.25) is 0 Å². The minimum atomic E-state index is -1.22. The van der Waals surface area contributed by atoms with E-state index < -0.39 is 5.60 Å². The van der Waals surface area contributed by atoms with Gasteiger partial charge in [0.05, 0.1) is 0 Å². The lowest BCUT2D eigenvalue weighted by Gasteiger charge is -2.20. The monoisotopic (exact) mass is 174 g/mol. The van der Waals surface area contributed by atoms with Crippen LogP contribution in [0.15, 0.2) is 0 Å². The largest absolute Gasteiger partial charge is 0.385 e. The number of hydrogen-bond acceptors (Lipinski definition) is 3. The van der Waals surface area contributed by atoms with Crippen molar-refractivity contribution in [2.75, 3.05) is 13.7 Å². The standard InChI is InChI=1S/C9H18O3/c1-7(5-6-12-4)8(10)9(2,3)11/h7,11H,5-6H2,1-4H3. The van der Waals surface area contributed by atoms with Crippen molar-refractivity contribution >= 4 is 5.78 Å². The second-order valence-corrected chi connectivity index (χ2v) is 3.61. The van der Waals surface area contributed by atoms with E-state index >= 15 is 0 Å². The van der Waals surface area contributed by atoms with E-state index in [-0.39, 0.29) is 11.7 Å². The zero-order valence-electron chi connectivity index (χ0n) is 8.26. The number of methoxy groups -OCH3 is 1. The molecule has 0 spiro atoms. The van der Waals surface area contributed by atoms with Crippen LogP contribution in [0, 0.1) is 5.92 Å². The van der Waals surface area contributed by atoms with E-state index in [9.17, 15) is 9.90 Å². The van der Waals surface area contributed by atoms with Crippen LogP contribution in [0.1, 0.15) is 27.2 Å². The molecular weight excluding hydrogens is 156 g/mol. The van der Waals surface area contributed by atoms with Gasteiger partial charge in [-0.3, -0.25) is 4.79 Å². The summed E-state index contributed by atoms with van der Waals surface area (Å²) in [7, 11) is 1.60. The average Bonchev–Trinajstić information content (AvgIpc) is 1.97. The normalized spacial score (nSPS) is 14.4. The summed E-state index contributed by atoms with van der Waals surface area (Å²) in [4.78, 5) is 11.4. The molecule has 0 saturated carbocycles. The van der Waals surface area contributed by atoms with Crippen molar-refractivity contribution in [3.63, 3.8) is 0 Å². The first-order valence-electron chi connectivity index (χ1n) is 4.15. The van der Waals surface area contributed by atoms with Crippen molar-refractivity contribution in [1.29, 1.82) is 0 Å². The summed E-state index contributed by atoms with van der Waals surface area (Å²) in [6.45, 7) is 5.39. The van der Waals surface area contributed by atoms with E-state index in [1.807, 2.05) is 0 Å². The van der Waals surface area contributed by atoms with Gasteiger partial charge in [-0.2, -0.15) is 0 Å². The quantitative estimate of drug-likeness (QED) is 0.676. The summed E-state index contributed by atoms with van der Waals surface area (Å²) >= 11 is 0. The minimum Gasteiger partial charge on any atom is -0.385 e. The second kappa shape index (κ2) is 4.58. The highest BCUT2D eigenvalue weighted by Crippen LogP contribution is 2.13. The number of rotatable bonds is 5.